The SMILES string of the molecule is Cc1ccc2c(c1)c(-c1ccccc1)c(-c1ccccc1)n2C[C@@H](O)C[NH2+]Cc1ccccc1. The van der Waals surface area contributed by atoms with Gasteiger partial charge >= 0.3 is 0 Å². The highest BCUT2D eigenvalue weighted by molar-refractivity contribution is 6.04. The van der Waals surface area contributed by atoms with E-state index in [0.717, 1.165) is 23.3 Å². The number of quaternary nitrogens is 1. The van der Waals surface area contributed by atoms with Gasteiger partial charge in [0, 0.05) is 22.0 Å². The Kier molecular flexibility index (Phi) is 6.57. The molecule has 0 saturated carbocycles. The molecule has 0 spiro atoms. The van der Waals surface area contributed by atoms with Gasteiger partial charge in [0.25, 0.3) is 0 Å². The summed E-state index contributed by atoms with van der Waals surface area (Å²) in [6, 6.07) is 38.2. The molecule has 1 aromatic heterocycles. The molecule has 0 bridgehead atoms. The maximum atomic E-state index is 11.1. The molecule has 0 radical (unpaired) electrons. The molecule has 0 aliphatic heterocycles. The lowest BCUT2D eigenvalue weighted by Gasteiger charge is -2.16. The van der Waals surface area contributed by atoms with E-state index in [1.807, 2.05) is 6.07 Å². The maximum Gasteiger partial charge on any atom is 0.121 e. The molecule has 5 aromatic rings. The van der Waals surface area contributed by atoms with Gasteiger partial charge in [0.15, 0.2) is 0 Å². The highest BCUT2D eigenvalue weighted by Crippen LogP contribution is 2.41. The number of aliphatic hydroxyl groups excluding tert-OH is 1. The van der Waals surface area contributed by atoms with Crippen LogP contribution in [0.2, 0.25) is 0 Å². The molecule has 0 aliphatic rings. The molecule has 3 N–H and O–H groups in total. The van der Waals surface area contributed by atoms with Crippen molar-refractivity contribution < 1.29 is 10.4 Å². The first kappa shape index (κ1) is 22.1. The largest absolute Gasteiger partial charge is 0.385 e. The summed E-state index contributed by atoms with van der Waals surface area (Å²) in [7, 11) is 0. The van der Waals surface area contributed by atoms with E-state index in [4.69, 9.17) is 0 Å². The molecule has 0 fully saturated rings. The second-order valence-electron chi connectivity index (χ2n) is 8.95. The molecular weight excluding hydrogens is 416 g/mol. The molecule has 5 rings (SSSR count). The van der Waals surface area contributed by atoms with Gasteiger partial charge in [0.1, 0.15) is 19.2 Å². The van der Waals surface area contributed by atoms with Crippen LogP contribution in [0.1, 0.15) is 11.1 Å². The Balaban J connectivity index is 1.55. The third kappa shape index (κ3) is 4.67. The average molecular weight is 448 g/mol. The third-order valence-corrected chi connectivity index (χ3v) is 6.38. The van der Waals surface area contributed by atoms with Crippen LogP contribution in [0, 0.1) is 6.92 Å². The first-order valence-electron chi connectivity index (χ1n) is 12.0. The van der Waals surface area contributed by atoms with Gasteiger partial charge in [-0.1, -0.05) is 103 Å². The Labute approximate surface area is 201 Å². The number of rotatable bonds is 8. The van der Waals surface area contributed by atoms with Gasteiger partial charge in [0.2, 0.25) is 0 Å². The van der Waals surface area contributed by atoms with Gasteiger partial charge in [0.05, 0.1) is 12.2 Å². The minimum atomic E-state index is -0.466. The van der Waals surface area contributed by atoms with Crippen molar-refractivity contribution in [2.45, 2.75) is 26.1 Å². The summed E-state index contributed by atoms with van der Waals surface area (Å²) in [5, 5.41) is 14.5. The first-order chi connectivity index (χ1) is 16.7. The van der Waals surface area contributed by atoms with E-state index in [0.29, 0.717) is 13.1 Å². The second-order valence-corrected chi connectivity index (χ2v) is 8.95. The summed E-state index contributed by atoms with van der Waals surface area (Å²) in [5.74, 6) is 0. The first-order valence-corrected chi connectivity index (χ1v) is 12.0. The monoisotopic (exact) mass is 447 g/mol. The number of nitrogens with two attached hydrogens (primary N) is 1. The van der Waals surface area contributed by atoms with E-state index in [2.05, 4.69) is 120 Å². The molecule has 0 unspecified atom stereocenters. The van der Waals surface area contributed by atoms with Crippen LogP contribution in [0.3, 0.4) is 0 Å². The predicted molar refractivity (Wildman–Crippen MR) is 140 cm³/mol. The van der Waals surface area contributed by atoms with Crippen molar-refractivity contribution in [2.24, 2.45) is 0 Å². The topological polar surface area (TPSA) is 41.8 Å². The summed E-state index contributed by atoms with van der Waals surface area (Å²) < 4.78 is 2.31. The van der Waals surface area contributed by atoms with Crippen molar-refractivity contribution in [3.05, 3.63) is 120 Å². The molecule has 0 amide bonds. The lowest BCUT2D eigenvalue weighted by molar-refractivity contribution is -0.676. The number of benzene rings is 4. The van der Waals surface area contributed by atoms with E-state index >= 15 is 0 Å². The Bertz CT molecular complexity index is 1360. The van der Waals surface area contributed by atoms with Crippen LogP contribution >= 0.6 is 0 Å². The number of aryl methyl sites for hydroxylation is 1. The standard InChI is InChI=1S/C31H30N2O/c1-23-17-18-29-28(19-23)30(25-13-7-3-8-14-25)31(26-15-9-4-10-16-26)33(29)22-27(34)21-32-20-24-11-5-2-6-12-24/h2-19,27,32,34H,20-22H2,1H3/p+1/t27-/m0/s1. The van der Waals surface area contributed by atoms with Crippen LogP contribution < -0.4 is 5.32 Å². The molecule has 34 heavy (non-hydrogen) atoms. The predicted octanol–water partition coefficient (Wildman–Crippen LogP) is 5.41. The minimum absolute atomic E-state index is 0.466. The van der Waals surface area contributed by atoms with E-state index in [-0.39, 0.29) is 0 Å². The van der Waals surface area contributed by atoms with Gasteiger partial charge in [-0.05, 0) is 30.2 Å². The lowest BCUT2D eigenvalue weighted by Crippen LogP contribution is -2.85. The third-order valence-electron chi connectivity index (χ3n) is 6.38. The fraction of sp³-hybridized carbons (Fsp3) is 0.161. The smallest absolute Gasteiger partial charge is 0.121 e. The van der Waals surface area contributed by atoms with Crippen LogP contribution in [0.4, 0.5) is 0 Å². The van der Waals surface area contributed by atoms with E-state index in [1.165, 1.54) is 27.6 Å². The number of nitrogens with zero attached hydrogens (tertiary/aromatic N) is 1. The summed E-state index contributed by atoms with van der Waals surface area (Å²) in [6.07, 6.45) is -0.466. The fourth-order valence-corrected chi connectivity index (χ4v) is 4.79. The Morgan fingerprint density at radius 2 is 1.38 bits per heavy atom. The molecule has 170 valence electrons. The molecule has 0 saturated heterocycles. The fourth-order valence-electron chi connectivity index (χ4n) is 4.79. The Hall–Kier alpha value is -3.66. The zero-order valence-electron chi connectivity index (χ0n) is 19.6. The molecule has 1 heterocycles. The van der Waals surface area contributed by atoms with E-state index in [1.54, 1.807) is 0 Å². The number of hydrogen-bond acceptors (Lipinski definition) is 1. The van der Waals surface area contributed by atoms with Gasteiger partial charge < -0.3 is 15.0 Å². The number of aliphatic hydroxyl groups is 1. The Morgan fingerprint density at radius 3 is 2.06 bits per heavy atom. The van der Waals surface area contributed by atoms with Crippen molar-refractivity contribution in [3.8, 4) is 22.4 Å². The molecule has 4 aromatic carbocycles. The van der Waals surface area contributed by atoms with Crippen molar-refractivity contribution in [1.29, 1.82) is 0 Å². The van der Waals surface area contributed by atoms with Crippen LogP contribution in [-0.4, -0.2) is 22.3 Å². The highest BCUT2D eigenvalue weighted by atomic mass is 16.3. The van der Waals surface area contributed by atoms with Crippen molar-refractivity contribution in [2.75, 3.05) is 6.54 Å². The minimum Gasteiger partial charge on any atom is -0.385 e. The molecule has 0 aliphatic carbocycles. The average Bonchev–Trinajstić information content (AvgIpc) is 3.18. The van der Waals surface area contributed by atoms with Gasteiger partial charge in [-0.25, -0.2) is 0 Å². The second kappa shape index (κ2) is 10.1. The highest BCUT2D eigenvalue weighted by Gasteiger charge is 2.22. The quantitative estimate of drug-likeness (QED) is 0.328. The molecular formula is C31H31N2O+. The summed E-state index contributed by atoms with van der Waals surface area (Å²) in [5.41, 5.74) is 8.41. The van der Waals surface area contributed by atoms with Crippen molar-refractivity contribution in [3.63, 3.8) is 0 Å². The summed E-state index contributed by atoms with van der Waals surface area (Å²) in [4.78, 5) is 0. The van der Waals surface area contributed by atoms with Crippen LogP contribution in [0.15, 0.2) is 109 Å². The van der Waals surface area contributed by atoms with Crippen LogP contribution in [0.25, 0.3) is 33.3 Å². The Morgan fingerprint density at radius 1 is 0.765 bits per heavy atom. The summed E-state index contributed by atoms with van der Waals surface area (Å²) >= 11 is 0. The van der Waals surface area contributed by atoms with Gasteiger partial charge in [-0.2, -0.15) is 0 Å². The van der Waals surface area contributed by atoms with E-state index < -0.39 is 6.10 Å². The normalized spacial score (nSPS) is 12.2. The molecule has 1 atom stereocenters. The van der Waals surface area contributed by atoms with Crippen molar-refractivity contribution >= 4 is 10.9 Å². The van der Waals surface area contributed by atoms with Gasteiger partial charge in [-0.3, -0.25) is 0 Å². The zero-order valence-corrected chi connectivity index (χ0v) is 19.6. The number of fused-ring (bicyclic) bond motifs is 1. The van der Waals surface area contributed by atoms with Crippen LogP contribution in [0.5, 0.6) is 0 Å². The van der Waals surface area contributed by atoms with E-state index in [9.17, 15) is 5.11 Å². The maximum absolute atomic E-state index is 11.1. The lowest BCUT2D eigenvalue weighted by atomic mass is 9.98. The number of hydrogen-bond donors (Lipinski definition) is 2. The van der Waals surface area contributed by atoms with Crippen molar-refractivity contribution in [1.82, 2.24) is 4.57 Å². The molecule has 3 nitrogen and oxygen atoms in total. The number of aromatic nitrogens is 1. The van der Waals surface area contributed by atoms with Gasteiger partial charge in [-0.15, -0.1) is 0 Å². The summed E-state index contributed by atoms with van der Waals surface area (Å²) in [6.45, 7) is 4.20. The zero-order chi connectivity index (χ0) is 23.3. The van der Waals surface area contributed by atoms with Crippen LogP contribution in [-0.2, 0) is 13.1 Å². The molecule has 3 heteroatoms.